The number of rotatable bonds is 6. The minimum Gasteiger partial charge on any atom is -0.331 e. The van der Waals surface area contributed by atoms with Gasteiger partial charge in [0.1, 0.15) is 0 Å². The molecule has 0 amide bonds. The molecule has 2 aliphatic rings. The standard InChI is InChI=1S/C17H30N4/c1-12(2)21-11-19-9-17(21)16(8-18)20(3)10-15-7-13-4-5-14(15)6-13/h9,11-16H,4-8,10,18H2,1-3H3. The third kappa shape index (κ3) is 2.88. The van der Waals surface area contributed by atoms with Crippen molar-refractivity contribution < 1.29 is 0 Å². The van der Waals surface area contributed by atoms with E-state index in [-0.39, 0.29) is 6.04 Å². The lowest BCUT2D eigenvalue weighted by Crippen LogP contribution is -2.36. The largest absolute Gasteiger partial charge is 0.331 e. The van der Waals surface area contributed by atoms with Crippen LogP contribution in [0.1, 0.15) is 57.3 Å². The van der Waals surface area contributed by atoms with Crippen molar-refractivity contribution in [1.29, 1.82) is 0 Å². The van der Waals surface area contributed by atoms with Gasteiger partial charge in [0.25, 0.3) is 0 Å². The van der Waals surface area contributed by atoms with Crippen LogP contribution in [-0.2, 0) is 0 Å². The van der Waals surface area contributed by atoms with Gasteiger partial charge in [-0.1, -0.05) is 6.42 Å². The zero-order chi connectivity index (χ0) is 15.0. The molecule has 2 aliphatic carbocycles. The zero-order valence-electron chi connectivity index (χ0n) is 13.7. The number of nitrogens with two attached hydrogens (primary N) is 1. The smallest absolute Gasteiger partial charge is 0.0951 e. The molecule has 0 spiro atoms. The van der Waals surface area contributed by atoms with E-state index in [0.29, 0.717) is 12.6 Å². The molecule has 4 nitrogen and oxygen atoms in total. The average Bonchev–Trinajstić information content (AvgIpc) is 3.14. The second-order valence-electron chi connectivity index (χ2n) is 7.45. The first-order valence-electron chi connectivity index (χ1n) is 8.52. The normalized spacial score (nSPS) is 29.7. The van der Waals surface area contributed by atoms with Gasteiger partial charge in [-0.3, -0.25) is 4.90 Å². The molecule has 118 valence electrons. The summed E-state index contributed by atoms with van der Waals surface area (Å²) in [5.74, 6) is 2.88. The lowest BCUT2D eigenvalue weighted by Gasteiger charge is -2.33. The number of fused-ring (bicyclic) bond motifs is 2. The Morgan fingerprint density at radius 2 is 2.19 bits per heavy atom. The van der Waals surface area contributed by atoms with E-state index in [1.807, 2.05) is 12.5 Å². The summed E-state index contributed by atoms with van der Waals surface area (Å²) in [7, 11) is 2.24. The number of likely N-dealkylation sites (N-methyl/N-ethyl adjacent to an activating group) is 1. The van der Waals surface area contributed by atoms with Gasteiger partial charge in [0.15, 0.2) is 0 Å². The first-order valence-corrected chi connectivity index (χ1v) is 8.52. The maximum Gasteiger partial charge on any atom is 0.0951 e. The van der Waals surface area contributed by atoms with Crippen molar-refractivity contribution in [2.45, 2.75) is 51.6 Å². The molecule has 0 saturated heterocycles. The molecular weight excluding hydrogens is 260 g/mol. The fourth-order valence-corrected chi connectivity index (χ4v) is 4.63. The Labute approximate surface area is 128 Å². The van der Waals surface area contributed by atoms with Crippen LogP contribution in [0.5, 0.6) is 0 Å². The molecule has 1 aromatic heterocycles. The molecular formula is C17H30N4. The molecule has 4 heteroatoms. The first-order chi connectivity index (χ1) is 10.1. The third-order valence-electron chi connectivity index (χ3n) is 5.76. The first kappa shape index (κ1) is 15.0. The molecule has 4 unspecified atom stereocenters. The van der Waals surface area contributed by atoms with Crippen molar-refractivity contribution in [2.24, 2.45) is 23.5 Å². The van der Waals surface area contributed by atoms with Crippen LogP contribution in [0.3, 0.4) is 0 Å². The minimum absolute atomic E-state index is 0.286. The second-order valence-corrected chi connectivity index (χ2v) is 7.45. The summed E-state index contributed by atoms with van der Waals surface area (Å²) < 4.78 is 2.26. The predicted molar refractivity (Wildman–Crippen MR) is 86.0 cm³/mol. The maximum atomic E-state index is 6.10. The highest BCUT2D eigenvalue weighted by Crippen LogP contribution is 2.48. The molecule has 2 N–H and O–H groups in total. The number of nitrogens with zero attached hydrogens (tertiary/aromatic N) is 3. The van der Waals surface area contributed by atoms with Gasteiger partial charge in [-0.15, -0.1) is 0 Å². The van der Waals surface area contributed by atoms with Crippen molar-refractivity contribution >= 4 is 0 Å². The molecule has 1 aromatic rings. The van der Waals surface area contributed by atoms with Crippen LogP contribution in [0, 0.1) is 17.8 Å². The van der Waals surface area contributed by atoms with Gasteiger partial charge in [-0.2, -0.15) is 0 Å². The van der Waals surface area contributed by atoms with E-state index in [0.717, 1.165) is 17.8 Å². The van der Waals surface area contributed by atoms with Gasteiger partial charge in [0.05, 0.1) is 18.1 Å². The van der Waals surface area contributed by atoms with Crippen LogP contribution >= 0.6 is 0 Å². The topological polar surface area (TPSA) is 47.1 Å². The quantitative estimate of drug-likeness (QED) is 0.876. The third-order valence-corrected chi connectivity index (χ3v) is 5.76. The van der Waals surface area contributed by atoms with E-state index in [1.165, 1.54) is 37.9 Å². The van der Waals surface area contributed by atoms with E-state index >= 15 is 0 Å². The van der Waals surface area contributed by atoms with E-state index in [2.05, 4.69) is 35.3 Å². The Morgan fingerprint density at radius 3 is 2.76 bits per heavy atom. The Bertz CT molecular complexity index is 467. The minimum atomic E-state index is 0.286. The highest BCUT2D eigenvalue weighted by atomic mass is 15.2. The van der Waals surface area contributed by atoms with E-state index in [1.54, 1.807) is 0 Å². The van der Waals surface area contributed by atoms with Crippen LogP contribution in [0.4, 0.5) is 0 Å². The van der Waals surface area contributed by atoms with Gasteiger partial charge >= 0.3 is 0 Å². The molecule has 0 aromatic carbocycles. The fourth-order valence-electron chi connectivity index (χ4n) is 4.63. The van der Waals surface area contributed by atoms with Crippen molar-refractivity contribution in [2.75, 3.05) is 20.1 Å². The summed E-state index contributed by atoms with van der Waals surface area (Å²) in [6, 6.07) is 0.724. The SMILES string of the molecule is CC(C)n1cncc1C(CN)N(C)CC1CC2CCC1C2. The average molecular weight is 290 g/mol. The van der Waals surface area contributed by atoms with Crippen LogP contribution in [-0.4, -0.2) is 34.6 Å². The van der Waals surface area contributed by atoms with Crippen molar-refractivity contribution in [3.63, 3.8) is 0 Å². The van der Waals surface area contributed by atoms with Crippen molar-refractivity contribution in [3.05, 3.63) is 18.2 Å². The number of hydrogen-bond acceptors (Lipinski definition) is 3. The van der Waals surface area contributed by atoms with Gasteiger partial charge in [-0.25, -0.2) is 4.98 Å². The van der Waals surface area contributed by atoms with Gasteiger partial charge in [0, 0.05) is 25.3 Å². The highest BCUT2D eigenvalue weighted by Gasteiger charge is 2.40. The van der Waals surface area contributed by atoms with Crippen LogP contribution in [0.25, 0.3) is 0 Å². The number of hydrogen-bond donors (Lipinski definition) is 1. The summed E-state index contributed by atoms with van der Waals surface area (Å²) in [5.41, 5.74) is 7.36. The molecule has 2 fully saturated rings. The summed E-state index contributed by atoms with van der Waals surface area (Å²) in [6.07, 6.45) is 9.79. The monoisotopic (exact) mass is 290 g/mol. The van der Waals surface area contributed by atoms with Gasteiger partial charge in [-0.05, 0) is 57.9 Å². The molecule has 2 saturated carbocycles. The summed E-state index contributed by atoms with van der Waals surface area (Å²) in [6.45, 7) is 6.26. The van der Waals surface area contributed by atoms with Crippen LogP contribution in [0.15, 0.2) is 12.5 Å². The molecule has 4 atom stereocenters. The molecule has 0 radical (unpaired) electrons. The van der Waals surface area contributed by atoms with Crippen LogP contribution < -0.4 is 5.73 Å². The van der Waals surface area contributed by atoms with E-state index in [4.69, 9.17) is 5.73 Å². The van der Waals surface area contributed by atoms with Crippen molar-refractivity contribution in [1.82, 2.24) is 14.5 Å². The predicted octanol–water partition coefficient (Wildman–Crippen LogP) is 2.83. The lowest BCUT2D eigenvalue weighted by atomic mass is 9.88. The molecule has 21 heavy (non-hydrogen) atoms. The fraction of sp³-hybridized carbons (Fsp3) is 0.824. The summed E-state index contributed by atoms with van der Waals surface area (Å²) in [5, 5.41) is 0. The van der Waals surface area contributed by atoms with E-state index in [9.17, 15) is 0 Å². The zero-order valence-corrected chi connectivity index (χ0v) is 13.7. The molecule has 3 rings (SSSR count). The Balaban J connectivity index is 1.69. The van der Waals surface area contributed by atoms with Crippen molar-refractivity contribution in [3.8, 4) is 0 Å². The highest BCUT2D eigenvalue weighted by molar-refractivity contribution is 5.08. The van der Waals surface area contributed by atoms with Gasteiger partial charge in [0.2, 0.25) is 0 Å². The molecule has 1 heterocycles. The van der Waals surface area contributed by atoms with E-state index < -0.39 is 0 Å². The maximum absolute atomic E-state index is 6.10. The van der Waals surface area contributed by atoms with Crippen LogP contribution in [0.2, 0.25) is 0 Å². The number of aromatic nitrogens is 2. The summed E-state index contributed by atoms with van der Waals surface area (Å²) >= 11 is 0. The number of imidazole rings is 1. The lowest BCUT2D eigenvalue weighted by molar-refractivity contribution is 0.170. The Kier molecular flexibility index (Phi) is 4.36. The second kappa shape index (κ2) is 6.09. The Hall–Kier alpha value is -0.870. The summed E-state index contributed by atoms with van der Waals surface area (Å²) in [4.78, 5) is 6.82. The molecule has 2 bridgehead atoms. The molecule has 0 aliphatic heterocycles. The van der Waals surface area contributed by atoms with Gasteiger partial charge < -0.3 is 10.3 Å². The Morgan fingerprint density at radius 1 is 1.38 bits per heavy atom.